The van der Waals surface area contributed by atoms with Crippen LogP contribution in [0, 0.1) is 17.2 Å². The molecule has 2 atom stereocenters. The first-order chi connectivity index (χ1) is 5.57. The average molecular weight is 168 g/mol. The maximum atomic E-state index is 8.82. The normalized spacial score (nSPS) is 36.4. The minimum Gasteiger partial charge on any atom is -0.378 e. The first-order valence-corrected chi connectivity index (χ1v) is 4.39. The Balaban J connectivity index is 2.58. The lowest BCUT2D eigenvalue weighted by Gasteiger charge is -2.34. The van der Waals surface area contributed by atoms with Crippen molar-refractivity contribution in [1.29, 1.82) is 5.26 Å². The van der Waals surface area contributed by atoms with Crippen LogP contribution < -0.4 is 5.73 Å². The highest BCUT2D eigenvalue weighted by atomic mass is 16.5. The van der Waals surface area contributed by atoms with Crippen LogP contribution >= 0.6 is 0 Å². The first kappa shape index (κ1) is 9.50. The van der Waals surface area contributed by atoms with Crippen molar-refractivity contribution in [2.45, 2.75) is 38.3 Å². The van der Waals surface area contributed by atoms with Gasteiger partial charge in [-0.2, -0.15) is 5.26 Å². The van der Waals surface area contributed by atoms with Gasteiger partial charge in [-0.15, -0.1) is 0 Å². The van der Waals surface area contributed by atoms with Gasteiger partial charge in [0.05, 0.1) is 12.2 Å². The Morgan fingerprint density at radius 3 is 2.83 bits per heavy atom. The molecular weight excluding hydrogens is 152 g/mol. The minimum absolute atomic E-state index is 0.156. The monoisotopic (exact) mass is 168 g/mol. The van der Waals surface area contributed by atoms with Gasteiger partial charge >= 0.3 is 0 Å². The van der Waals surface area contributed by atoms with Crippen molar-refractivity contribution >= 4 is 0 Å². The Morgan fingerprint density at radius 1 is 1.67 bits per heavy atom. The fraction of sp³-hybridized carbons (Fsp3) is 0.889. The fourth-order valence-corrected chi connectivity index (χ4v) is 1.44. The Bertz CT molecular complexity index is 197. The van der Waals surface area contributed by atoms with Crippen LogP contribution in [0.25, 0.3) is 0 Å². The standard InChI is InChI=1S/C9H16N2O/c1-7(2)8-5-9(11,6-10)3-4-12-8/h7-8H,3-5,11H2,1-2H3. The van der Waals surface area contributed by atoms with E-state index in [9.17, 15) is 0 Å². The molecule has 0 amide bonds. The fourth-order valence-electron chi connectivity index (χ4n) is 1.44. The molecule has 3 heteroatoms. The molecule has 1 fully saturated rings. The summed E-state index contributed by atoms with van der Waals surface area (Å²) < 4.78 is 5.51. The van der Waals surface area contributed by atoms with Crippen LogP contribution in [0.2, 0.25) is 0 Å². The van der Waals surface area contributed by atoms with Crippen LogP contribution in [-0.2, 0) is 4.74 Å². The molecular formula is C9H16N2O. The van der Waals surface area contributed by atoms with Crippen LogP contribution in [0.1, 0.15) is 26.7 Å². The molecule has 0 radical (unpaired) electrons. The predicted octanol–water partition coefficient (Wildman–Crippen LogP) is 1.04. The number of nitrogens with two attached hydrogens (primary N) is 1. The Hall–Kier alpha value is -0.590. The van der Waals surface area contributed by atoms with E-state index in [0.717, 1.165) is 0 Å². The van der Waals surface area contributed by atoms with Crippen LogP contribution in [0.15, 0.2) is 0 Å². The molecule has 68 valence electrons. The molecule has 1 aliphatic rings. The van der Waals surface area contributed by atoms with E-state index in [0.29, 0.717) is 25.4 Å². The summed E-state index contributed by atoms with van der Waals surface area (Å²) in [4.78, 5) is 0. The number of nitrogens with zero attached hydrogens (tertiary/aromatic N) is 1. The second-order valence-electron chi connectivity index (χ2n) is 3.88. The van der Waals surface area contributed by atoms with Gasteiger partial charge in [0.25, 0.3) is 0 Å². The maximum Gasteiger partial charge on any atom is 0.108 e. The van der Waals surface area contributed by atoms with Crippen molar-refractivity contribution in [3.63, 3.8) is 0 Å². The summed E-state index contributed by atoms with van der Waals surface area (Å²) in [6, 6.07) is 2.16. The second kappa shape index (κ2) is 3.42. The summed E-state index contributed by atoms with van der Waals surface area (Å²) in [6.45, 7) is 4.80. The second-order valence-corrected chi connectivity index (χ2v) is 3.88. The minimum atomic E-state index is -0.646. The van der Waals surface area contributed by atoms with Crippen LogP contribution in [0.5, 0.6) is 0 Å². The smallest absolute Gasteiger partial charge is 0.108 e. The van der Waals surface area contributed by atoms with Gasteiger partial charge in [0.15, 0.2) is 0 Å². The van der Waals surface area contributed by atoms with Crippen LogP contribution in [0.4, 0.5) is 0 Å². The van der Waals surface area contributed by atoms with Gasteiger partial charge in [-0.05, 0) is 5.92 Å². The van der Waals surface area contributed by atoms with Crippen molar-refractivity contribution in [3.05, 3.63) is 0 Å². The van der Waals surface area contributed by atoms with E-state index >= 15 is 0 Å². The molecule has 1 heterocycles. The van der Waals surface area contributed by atoms with Gasteiger partial charge in [0.1, 0.15) is 5.54 Å². The van der Waals surface area contributed by atoms with Gasteiger partial charge in [-0.1, -0.05) is 13.8 Å². The highest BCUT2D eigenvalue weighted by Gasteiger charge is 2.34. The molecule has 0 aromatic heterocycles. The molecule has 0 aliphatic carbocycles. The zero-order chi connectivity index (χ0) is 9.19. The molecule has 1 rings (SSSR count). The van der Waals surface area contributed by atoms with E-state index in [4.69, 9.17) is 15.7 Å². The molecule has 0 aromatic carbocycles. The zero-order valence-corrected chi connectivity index (χ0v) is 7.71. The van der Waals surface area contributed by atoms with Crippen LogP contribution in [0.3, 0.4) is 0 Å². The first-order valence-electron chi connectivity index (χ1n) is 4.39. The summed E-state index contributed by atoms with van der Waals surface area (Å²) in [5, 5.41) is 8.82. The predicted molar refractivity (Wildman–Crippen MR) is 46.3 cm³/mol. The Labute approximate surface area is 73.5 Å². The average Bonchev–Trinajstić information content (AvgIpc) is 2.05. The lowest BCUT2D eigenvalue weighted by atomic mass is 9.85. The van der Waals surface area contributed by atoms with E-state index in [2.05, 4.69) is 19.9 Å². The summed E-state index contributed by atoms with van der Waals surface area (Å²) in [5.41, 5.74) is 5.20. The highest BCUT2D eigenvalue weighted by Crippen LogP contribution is 2.25. The molecule has 2 unspecified atom stereocenters. The van der Waals surface area contributed by atoms with Crippen molar-refractivity contribution < 1.29 is 4.74 Å². The van der Waals surface area contributed by atoms with Gasteiger partial charge in [-0.3, -0.25) is 0 Å². The lowest BCUT2D eigenvalue weighted by molar-refractivity contribution is -0.0310. The highest BCUT2D eigenvalue weighted by molar-refractivity contribution is 5.07. The molecule has 1 saturated heterocycles. The van der Waals surface area contributed by atoms with Gasteiger partial charge in [-0.25, -0.2) is 0 Å². The number of hydrogen-bond acceptors (Lipinski definition) is 3. The number of nitriles is 1. The largest absolute Gasteiger partial charge is 0.378 e. The number of rotatable bonds is 1. The third kappa shape index (κ3) is 1.96. The van der Waals surface area contributed by atoms with E-state index in [1.165, 1.54) is 0 Å². The molecule has 0 saturated carbocycles. The van der Waals surface area contributed by atoms with E-state index in [-0.39, 0.29) is 6.10 Å². The van der Waals surface area contributed by atoms with E-state index in [1.807, 2.05) is 0 Å². The molecule has 0 aromatic rings. The van der Waals surface area contributed by atoms with Gasteiger partial charge < -0.3 is 10.5 Å². The van der Waals surface area contributed by atoms with E-state index < -0.39 is 5.54 Å². The molecule has 3 nitrogen and oxygen atoms in total. The lowest BCUT2D eigenvalue weighted by Crippen LogP contribution is -2.48. The molecule has 2 N–H and O–H groups in total. The van der Waals surface area contributed by atoms with Crippen molar-refractivity contribution in [1.82, 2.24) is 0 Å². The molecule has 0 spiro atoms. The van der Waals surface area contributed by atoms with Crippen LogP contribution in [-0.4, -0.2) is 18.2 Å². The van der Waals surface area contributed by atoms with E-state index in [1.54, 1.807) is 0 Å². The quantitative estimate of drug-likeness (QED) is 0.636. The summed E-state index contributed by atoms with van der Waals surface area (Å²) in [7, 11) is 0. The SMILES string of the molecule is CC(C)C1CC(N)(C#N)CCO1. The third-order valence-electron chi connectivity index (χ3n) is 2.41. The number of ether oxygens (including phenoxy) is 1. The summed E-state index contributed by atoms with van der Waals surface area (Å²) >= 11 is 0. The maximum absolute atomic E-state index is 8.82. The molecule has 0 bridgehead atoms. The third-order valence-corrected chi connectivity index (χ3v) is 2.41. The summed E-state index contributed by atoms with van der Waals surface area (Å²) in [6.07, 6.45) is 1.48. The molecule has 1 aliphatic heterocycles. The number of hydrogen-bond donors (Lipinski definition) is 1. The zero-order valence-electron chi connectivity index (χ0n) is 7.71. The van der Waals surface area contributed by atoms with Crippen molar-refractivity contribution in [3.8, 4) is 6.07 Å². The van der Waals surface area contributed by atoms with Gasteiger partial charge in [0.2, 0.25) is 0 Å². The summed E-state index contributed by atoms with van der Waals surface area (Å²) in [5.74, 6) is 0.446. The topological polar surface area (TPSA) is 59.0 Å². The Kier molecular flexibility index (Phi) is 2.71. The molecule has 12 heavy (non-hydrogen) atoms. The van der Waals surface area contributed by atoms with Crippen molar-refractivity contribution in [2.75, 3.05) is 6.61 Å². The Morgan fingerprint density at radius 2 is 2.33 bits per heavy atom. The van der Waals surface area contributed by atoms with Crippen molar-refractivity contribution in [2.24, 2.45) is 11.7 Å². The van der Waals surface area contributed by atoms with Gasteiger partial charge in [0, 0.05) is 19.4 Å².